The van der Waals surface area contributed by atoms with Gasteiger partial charge in [0.1, 0.15) is 0 Å². The van der Waals surface area contributed by atoms with E-state index in [1.807, 2.05) is 31.0 Å². The molecule has 3 nitrogen and oxygen atoms in total. The van der Waals surface area contributed by atoms with Gasteiger partial charge in [-0.3, -0.25) is 9.88 Å². The van der Waals surface area contributed by atoms with E-state index in [1.165, 1.54) is 19.2 Å². The first-order valence-corrected chi connectivity index (χ1v) is 6.62. The van der Waals surface area contributed by atoms with Crippen LogP contribution in [-0.2, 0) is 13.1 Å². The van der Waals surface area contributed by atoms with Crippen molar-refractivity contribution in [2.75, 3.05) is 14.2 Å². The van der Waals surface area contributed by atoms with Crippen LogP contribution in [0.25, 0.3) is 0 Å². The summed E-state index contributed by atoms with van der Waals surface area (Å²) in [5.74, 6) is -1.72. The second-order valence-corrected chi connectivity index (χ2v) is 5.03. The third kappa shape index (κ3) is 3.76. The molecule has 21 heavy (non-hydrogen) atoms. The predicted octanol–water partition coefficient (Wildman–Crippen LogP) is 3.31. The summed E-state index contributed by atoms with van der Waals surface area (Å²) in [6.07, 6.45) is 1.74. The van der Waals surface area contributed by atoms with Gasteiger partial charge in [0.25, 0.3) is 0 Å². The van der Waals surface area contributed by atoms with Crippen molar-refractivity contribution in [2.45, 2.75) is 20.0 Å². The number of nitrogens with zero attached hydrogens (tertiary/aromatic N) is 2. The SMILES string of the molecule is COc1c(F)cc(CN(C)Cc2ncccc2C)cc1F. The van der Waals surface area contributed by atoms with Crippen LogP contribution in [0.1, 0.15) is 16.8 Å². The van der Waals surface area contributed by atoms with Crippen LogP contribution in [0, 0.1) is 18.6 Å². The molecule has 0 amide bonds. The molecule has 0 saturated heterocycles. The summed E-state index contributed by atoms with van der Waals surface area (Å²) in [4.78, 5) is 6.27. The summed E-state index contributed by atoms with van der Waals surface area (Å²) < 4.78 is 32.0. The molecule has 1 aromatic heterocycles. The Morgan fingerprint density at radius 2 is 1.86 bits per heavy atom. The second kappa shape index (κ2) is 6.63. The number of methoxy groups -OCH3 is 1. The van der Waals surface area contributed by atoms with Crippen LogP contribution in [0.5, 0.6) is 5.75 Å². The second-order valence-electron chi connectivity index (χ2n) is 5.03. The first-order chi connectivity index (χ1) is 10.0. The van der Waals surface area contributed by atoms with Crippen LogP contribution in [-0.4, -0.2) is 24.0 Å². The lowest BCUT2D eigenvalue weighted by Gasteiger charge is -2.18. The first-order valence-electron chi connectivity index (χ1n) is 6.62. The lowest BCUT2D eigenvalue weighted by atomic mass is 10.1. The number of halogens is 2. The van der Waals surface area contributed by atoms with Gasteiger partial charge < -0.3 is 4.74 Å². The molecule has 0 radical (unpaired) electrons. The summed E-state index contributed by atoms with van der Waals surface area (Å²) >= 11 is 0. The Bertz CT molecular complexity index is 608. The quantitative estimate of drug-likeness (QED) is 0.845. The normalized spacial score (nSPS) is 11.0. The number of aryl methyl sites for hydroxylation is 1. The number of rotatable bonds is 5. The van der Waals surface area contributed by atoms with E-state index in [0.29, 0.717) is 18.7 Å². The maximum absolute atomic E-state index is 13.7. The van der Waals surface area contributed by atoms with Crippen molar-refractivity contribution in [3.8, 4) is 5.75 Å². The molecule has 2 rings (SSSR count). The van der Waals surface area contributed by atoms with Crippen molar-refractivity contribution in [2.24, 2.45) is 0 Å². The highest BCUT2D eigenvalue weighted by Crippen LogP contribution is 2.23. The van der Waals surface area contributed by atoms with E-state index in [0.717, 1.165) is 11.3 Å². The van der Waals surface area contributed by atoms with Gasteiger partial charge in [0.05, 0.1) is 12.8 Å². The van der Waals surface area contributed by atoms with Crippen LogP contribution in [0.15, 0.2) is 30.5 Å². The Morgan fingerprint density at radius 1 is 1.19 bits per heavy atom. The molecule has 0 fully saturated rings. The van der Waals surface area contributed by atoms with Gasteiger partial charge in [0, 0.05) is 19.3 Å². The predicted molar refractivity (Wildman–Crippen MR) is 77.1 cm³/mol. The van der Waals surface area contributed by atoms with Gasteiger partial charge in [-0.05, 0) is 43.3 Å². The van der Waals surface area contributed by atoms with Crippen molar-refractivity contribution in [1.82, 2.24) is 9.88 Å². The van der Waals surface area contributed by atoms with E-state index in [9.17, 15) is 8.78 Å². The van der Waals surface area contributed by atoms with Crippen molar-refractivity contribution >= 4 is 0 Å². The summed E-state index contributed by atoms with van der Waals surface area (Å²) in [5, 5.41) is 0. The molecule has 2 aromatic rings. The molecular weight excluding hydrogens is 274 g/mol. The first kappa shape index (κ1) is 15.4. The Labute approximate surface area is 123 Å². The molecule has 1 heterocycles. The topological polar surface area (TPSA) is 25.4 Å². The van der Waals surface area contributed by atoms with Gasteiger partial charge in [-0.15, -0.1) is 0 Å². The molecule has 0 N–H and O–H groups in total. The van der Waals surface area contributed by atoms with E-state index >= 15 is 0 Å². The van der Waals surface area contributed by atoms with Crippen LogP contribution in [0.4, 0.5) is 8.78 Å². The average molecular weight is 292 g/mol. The van der Waals surface area contributed by atoms with E-state index in [4.69, 9.17) is 0 Å². The van der Waals surface area contributed by atoms with Crippen molar-refractivity contribution in [3.05, 3.63) is 58.9 Å². The highest BCUT2D eigenvalue weighted by molar-refractivity contribution is 5.31. The molecule has 0 aliphatic carbocycles. The Hall–Kier alpha value is -2.01. The number of benzene rings is 1. The standard InChI is InChI=1S/C16H18F2N2O/c1-11-5-4-6-19-15(11)10-20(2)9-12-7-13(17)16(21-3)14(18)8-12/h4-8H,9-10H2,1-3H3. The molecule has 0 aliphatic heterocycles. The van der Waals surface area contributed by atoms with Gasteiger partial charge in [-0.2, -0.15) is 0 Å². The third-order valence-corrected chi connectivity index (χ3v) is 3.25. The van der Waals surface area contributed by atoms with Gasteiger partial charge in [0.15, 0.2) is 17.4 Å². The molecule has 0 unspecified atom stereocenters. The zero-order valence-electron chi connectivity index (χ0n) is 12.4. The summed E-state index contributed by atoms with van der Waals surface area (Å²) in [5.41, 5.74) is 2.60. The minimum Gasteiger partial charge on any atom is -0.491 e. The molecule has 5 heteroatoms. The Balaban J connectivity index is 2.10. The van der Waals surface area contributed by atoms with Crippen molar-refractivity contribution in [1.29, 1.82) is 0 Å². The fourth-order valence-electron chi connectivity index (χ4n) is 2.21. The molecule has 0 saturated carbocycles. The number of hydrogen-bond acceptors (Lipinski definition) is 3. The minimum atomic E-state index is -0.685. The lowest BCUT2D eigenvalue weighted by Crippen LogP contribution is -2.19. The molecular formula is C16H18F2N2O. The van der Waals surface area contributed by atoms with Crippen LogP contribution in [0.2, 0.25) is 0 Å². The summed E-state index contributed by atoms with van der Waals surface area (Å²) in [7, 11) is 3.13. The van der Waals surface area contributed by atoms with Crippen LogP contribution < -0.4 is 4.74 Å². The average Bonchev–Trinajstić information content (AvgIpc) is 2.41. The molecule has 0 spiro atoms. The van der Waals surface area contributed by atoms with Gasteiger partial charge in [-0.1, -0.05) is 6.07 Å². The van der Waals surface area contributed by atoms with E-state index in [-0.39, 0.29) is 5.75 Å². The number of hydrogen-bond donors (Lipinski definition) is 0. The maximum atomic E-state index is 13.7. The van der Waals surface area contributed by atoms with Gasteiger partial charge in [0.2, 0.25) is 0 Å². The fraction of sp³-hybridized carbons (Fsp3) is 0.312. The highest BCUT2D eigenvalue weighted by Gasteiger charge is 2.13. The van der Waals surface area contributed by atoms with Crippen LogP contribution >= 0.6 is 0 Å². The Morgan fingerprint density at radius 3 is 2.43 bits per heavy atom. The van der Waals surface area contributed by atoms with Gasteiger partial charge in [-0.25, -0.2) is 8.78 Å². The Kier molecular flexibility index (Phi) is 4.85. The van der Waals surface area contributed by atoms with E-state index < -0.39 is 11.6 Å². The number of pyridine rings is 1. The molecule has 0 bridgehead atoms. The zero-order valence-corrected chi connectivity index (χ0v) is 12.4. The van der Waals surface area contributed by atoms with E-state index in [1.54, 1.807) is 6.20 Å². The molecule has 112 valence electrons. The van der Waals surface area contributed by atoms with Crippen molar-refractivity contribution < 1.29 is 13.5 Å². The highest BCUT2D eigenvalue weighted by atomic mass is 19.1. The fourth-order valence-corrected chi connectivity index (χ4v) is 2.21. The largest absolute Gasteiger partial charge is 0.491 e. The van der Waals surface area contributed by atoms with Crippen molar-refractivity contribution in [3.63, 3.8) is 0 Å². The zero-order chi connectivity index (χ0) is 15.4. The molecule has 0 atom stereocenters. The third-order valence-electron chi connectivity index (χ3n) is 3.25. The smallest absolute Gasteiger partial charge is 0.190 e. The van der Waals surface area contributed by atoms with E-state index in [2.05, 4.69) is 9.72 Å². The molecule has 0 aliphatic rings. The summed E-state index contributed by atoms with van der Waals surface area (Å²) in [6.45, 7) is 3.03. The lowest BCUT2D eigenvalue weighted by molar-refractivity contribution is 0.311. The van der Waals surface area contributed by atoms with Crippen LogP contribution in [0.3, 0.4) is 0 Å². The molecule has 1 aromatic carbocycles. The number of ether oxygens (including phenoxy) is 1. The van der Waals surface area contributed by atoms with Gasteiger partial charge >= 0.3 is 0 Å². The maximum Gasteiger partial charge on any atom is 0.190 e. The monoisotopic (exact) mass is 292 g/mol. The summed E-state index contributed by atoms with van der Waals surface area (Å²) in [6, 6.07) is 6.46. The number of aromatic nitrogens is 1. The minimum absolute atomic E-state index is 0.345.